The van der Waals surface area contributed by atoms with Crippen LogP contribution in [0.2, 0.25) is 0 Å². The quantitative estimate of drug-likeness (QED) is 0.643. The molecule has 5 aliphatic rings. The molecule has 2 bridgehead atoms. The standard InChI is InChI=1S/C13H15BrO3/c1-11(2)9-3-7-8(14)4-12(9,5-16-11)10(15)13(7)6-17-13/h4,7,9H,3,5-6H2,1-2H3/t7?,9?,12?,13-/m0/s1. The van der Waals surface area contributed by atoms with Gasteiger partial charge in [-0.3, -0.25) is 4.79 Å². The van der Waals surface area contributed by atoms with Gasteiger partial charge in [-0.15, -0.1) is 0 Å². The molecule has 0 aromatic rings. The smallest absolute Gasteiger partial charge is 0.180 e. The predicted molar refractivity (Wildman–Crippen MR) is 64.8 cm³/mol. The van der Waals surface area contributed by atoms with Gasteiger partial charge in [0.15, 0.2) is 11.4 Å². The van der Waals surface area contributed by atoms with Crippen LogP contribution in [-0.4, -0.2) is 30.2 Å². The molecule has 2 saturated heterocycles. The zero-order valence-corrected chi connectivity index (χ0v) is 11.5. The van der Waals surface area contributed by atoms with E-state index < -0.39 is 11.0 Å². The molecule has 0 amide bonds. The van der Waals surface area contributed by atoms with Gasteiger partial charge in [0.2, 0.25) is 0 Å². The SMILES string of the molecule is CC1(C)OCC23C=C(Br)C(CC12)[C@@]1(CO1)C3=O. The van der Waals surface area contributed by atoms with Gasteiger partial charge in [-0.25, -0.2) is 0 Å². The number of epoxide rings is 1. The Morgan fingerprint density at radius 2 is 2.06 bits per heavy atom. The second-order valence-corrected chi connectivity index (χ2v) is 7.23. The topological polar surface area (TPSA) is 38.8 Å². The average molecular weight is 299 g/mol. The molecule has 3 unspecified atom stereocenters. The third-order valence-electron chi connectivity index (χ3n) is 5.17. The second kappa shape index (κ2) is 2.70. The lowest BCUT2D eigenvalue weighted by molar-refractivity contribution is -0.141. The van der Waals surface area contributed by atoms with Crippen LogP contribution in [0.1, 0.15) is 20.3 Å². The predicted octanol–water partition coefficient (Wildman–Crippen LogP) is 2.05. The Morgan fingerprint density at radius 3 is 2.71 bits per heavy atom. The summed E-state index contributed by atoms with van der Waals surface area (Å²) in [5, 5.41) is 0. The Hall–Kier alpha value is -0.190. The first-order chi connectivity index (χ1) is 7.92. The number of Topliss-reactive ketones (excluding diaryl/α,β-unsaturated/α-hetero) is 1. The minimum absolute atomic E-state index is 0.200. The Morgan fingerprint density at radius 1 is 1.35 bits per heavy atom. The van der Waals surface area contributed by atoms with Crippen LogP contribution in [0.3, 0.4) is 0 Å². The lowest BCUT2D eigenvalue weighted by atomic mass is 9.52. The van der Waals surface area contributed by atoms with E-state index in [0.717, 1.165) is 10.9 Å². The van der Waals surface area contributed by atoms with Crippen LogP contribution in [0.4, 0.5) is 0 Å². The van der Waals surface area contributed by atoms with Gasteiger partial charge >= 0.3 is 0 Å². The summed E-state index contributed by atoms with van der Waals surface area (Å²) < 4.78 is 12.6. The summed E-state index contributed by atoms with van der Waals surface area (Å²) in [5.74, 6) is 0.770. The highest BCUT2D eigenvalue weighted by Gasteiger charge is 2.75. The zero-order chi connectivity index (χ0) is 12.1. The summed E-state index contributed by atoms with van der Waals surface area (Å²) in [7, 11) is 0. The van der Waals surface area contributed by atoms with E-state index in [1.54, 1.807) is 0 Å². The summed E-state index contributed by atoms with van der Waals surface area (Å²) in [5.41, 5.74) is -1.14. The minimum atomic E-state index is -0.506. The lowest BCUT2D eigenvalue weighted by Gasteiger charge is -2.49. The highest BCUT2D eigenvalue weighted by Crippen LogP contribution is 2.66. The lowest BCUT2D eigenvalue weighted by Crippen LogP contribution is -2.59. The van der Waals surface area contributed by atoms with Crippen LogP contribution in [-0.2, 0) is 14.3 Å². The van der Waals surface area contributed by atoms with Gasteiger partial charge in [0.1, 0.15) is 0 Å². The van der Waals surface area contributed by atoms with Crippen LogP contribution in [0.15, 0.2) is 10.6 Å². The van der Waals surface area contributed by atoms with E-state index in [1.165, 1.54) is 0 Å². The maximum absolute atomic E-state index is 12.7. The number of ketones is 1. The molecule has 0 aromatic carbocycles. The minimum Gasteiger partial charge on any atom is -0.374 e. The van der Waals surface area contributed by atoms with Crippen LogP contribution < -0.4 is 0 Å². The number of rotatable bonds is 0. The van der Waals surface area contributed by atoms with E-state index >= 15 is 0 Å². The largest absolute Gasteiger partial charge is 0.374 e. The summed E-state index contributed by atoms with van der Waals surface area (Å²) in [6.45, 7) is 5.30. The molecular weight excluding hydrogens is 284 g/mol. The van der Waals surface area contributed by atoms with Gasteiger partial charge < -0.3 is 9.47 Å². The highest BCUT2D eigenvalue weighted by atomic mass is 79.9. The molecule has 0 aromatic heterocycles. The Balaban J connectivity index is 1.92. The van der Waals surface area contributed by atoms with Crippen molar-refractivity contribution in [2.75, 3.05) is 13.2 Å². The first kappa shape index (κ1) is 10.7. The Labute approximate surface area is 109 Å². The molecule has 17 heavy (non-hydrogen) atoms. The molecule has 3 nitrogen and oxygen atoms in total. The molecule has 0 radical (unpaired) electrons. The normalized spacial score (nSPS) is 53.8. The molecule has 1 saturated carbocycles. The number of hydrogen-bond acceptors (Lipinski definition) is 3. The van der Waals surface area contributed by atoms with Gasteiger partial charge in [0.05, 0.1) is 24.2 Å². The third-order valence-corrected chi connectivity index (χ3v) is 5.95. The van der Waals surface area contributed by atoms with Crippen molar-refractivity contribution in [1.82, 2.24) is 0 Å². The molecule has 5 rings (SSSR count). The average Bonchev–Trinajstić information content (AvgIpc) is 2.99. The molecule has 2 heterocycles. The van der Waals surface area contributed by atoms with Crippen LogP contribution in [0.25, 0.3) is 0 Å². The van der Waals surface area contributed by atoms with E-state index in [1.807, 2.05) is 0 Å². The molecule has 3 aliphatic carbocycles. The van der Waals surface area contributed by atoms with Crippen LogP contribution >= 0.6 is 15.9 Å². The number of carbonyl (C=O) groups is 1. The van der Waals surface area contributed by atoms with Crippen molar-refractivity contribution < 1.29 is 14.3 Å². The van der Waals surface area contributed by atoms with E-state index in [-0.39, 0.29) is 17.3 Å². The Bertz CT molecular complexity index is 463. The first-order valence-electron chi connectivity index (χ1n) is 6.13. The number of carbonyl (C=O) groups excluding carboxylic acids is 1. The first-order valence-corrected chi connectivity index (χ1v) is 6.93. The summed E-state index contributed by atoms with van der Waals surface area (Å²) in [4.78, 5) is 12.7. The van der Waals surface area contributed by atoms with Crippen molar-refractivity contribution in [3.8, 4) is 0 Å². The maximum atomic E-state index is 12.7. The fourth-order valence-corrected chi connectivity index (χ4v) is 5.09. The van der Waals surface area contributed by atoms with Crippen molar-refractivity contribution in [1.29, 1.82) is 0 Å². The van der Waals surface area contributed by atoms with E-state index in [9.17, 15) is 4.79 Å². The van der Waals surface area contributed by atoms with Crippen molar-refractivity contribution in [2.45, 2.75) is 31.5 Å². The highest BCUT2D eigenvalue weighted by molar-refractivity contribution is 9.11. The summed E-state index contributed by atoms with van der Waals surface area (Å²) >= 11 is 3.63. The van der Waals surface area contributed by atoms with E-state index in [0.29, 0.717) is 19.1 Å². The third kappa shape index (κ3) is 1.00. The van der Waals surface area contributed by atoms with Crippen LogP contribution in [0.5, 0.6) is 0 Å². The molecule has 2 spiro atoms. The maximum Gasteiger partial charge on any atom is 0.180 e. The van der Waals surface area contributed by atoms with Gasteiger partial charge in [0, 0.05) is 11.8 Å². The monoisotopic (exact) mass is 298 g/mol. The molecule has 92 valence electrons. The Kier molecular flexibility index (Phi) is 1.70. The number of hydrogen-bond donors (Lipinski definition) is 0. The summed E-state index contributed by atoms with van der Waals surface area (Å²) in [6, 6.07) is 0. The molecule has 0 N–H and O–H groups in total. The van der Waals surface area contributed by atoms with Gasteiger partial charge in [-0.1, -0.05) is 22.0 Å². The van der Waals surface area contributed by atoms with Crippen molar-refractivity contribution in [3.05, 3.63) is 10.6 Å². The molecular formula is C13H15BrO3. The summed E-state index contributed by atoms with van der Waals surface area (Å²) in [6.07, 6.45) is 3.10. The van der Waals surface area contributed by atoms with E-state index in [4.69, 9.17) is 9.47 Å². The van der Waals surface area contributed by atoms with Crippen molar-refractivity contribution >= 4 is 21.7 Å². The van der Waals surface area contributed by atoms with Gasteiger partial charge in [-0.05, 0) is 24.8 Å². The van der Waals surface area contributed by atoms with Gasteiger partial charge in [-0.2, -0.15) is 0 Å². The molecule has 4 atom stereocenters. The van der Waals surface area contributed by atoms with E-state index in [2.05, 4.69) is 35.9 Å². The second-order valence-electron chi connectivity index (χ2n) is 6.31. The van der Waals surface area contributed by atoms with Crippen molar-refractivity contribution in [3.63, 3.8) is 0 Å². The molecule has 3 fully saturated rings. The van der Waals surface area contributed by atoms with Crippen molar-refractivity contribution in [2.24, 2.45) is 17.3 Å². The zero-order valence-electron chi connectivity index (χ0n) is 9.96. The number of ether oxygens (including phenoxy) is 2. The number of halogens is 1. The van der Waals surface area contributed by atoms with Crippen LogP contribution in [0, 0.1) is 17.3 Å². The van der Waals surface area contributed by atoms with Gasteiger partial charge in [0.25, 0.3) is 0 Å². The fourth-order valence-electron chi connectivity index (χ4n) is 4.12. The molecule has 2 aliphatic heterocycles. The molecule has 4 heteroatoms. The fraction of sp³-hybridized carbons (Fsp3) is 0.769.